The molecule has 2 heterocycles. The number of carbonyl (C=O) groups is 1. The molecule has 8 nitrogen and oxygen atoms in total. The number of rotatable bonds is 8. The number of esters is 1. The Morgan fingerprint density at radius 1 is 1.22 bits per heavy atom. The molecule has 1 aliphatic rings. The minimum Gasteiger partial charge on any atom is -0.493 e. The highest BCUT2D eigenvalue weighted by Crippen LogP contribution is 2.39. The van der Waals surface area contributed by atoms with E-state index in [1.807, 2.05) is 55.5 Å². The molecule has 8 heteroatoms. The molecular formula is C24H24N4O4. The molecular weight excluding hydrogens is 408 g/mol. The SMILES string of the molecule is C=CCOC(=O)C1=C(C)Nc2ncnn2C1c1ccc(OCc2ccccc2)c(OC)c1. The predicted octanol–water partition coefficient (Wildman–Crippen LogP) is 3.88. The van der Waals surface area contributed by atoms with Gasteiger partial charge in [0.15, 0.2) is 11.5 Å². The molecule has 2 aromatic carbocycles. The van der Waals surface area contributed by atoms with Gasteiger partial charge in [-0.05, 0) is 30.2 Å². The van der Waals surface area contributed by atoms with Gasteiger partial charge in [0.25, 0.3) is 0 Å². The van der Waals surface area contributed by atoms with E-state index in [0.717, 1.165) is 11.1 Å². The van der Waals surface area contributed by atoms with E-state index in [0.29, 0.717) is 35.3 Å². The number of hydrogen-bond acceptors (Lipinski definition) is 7. The first-order chi connectivity index (χ1) is 15.6. The zero-order chi connectivity index (χ0) is 22.5. The van der Waals surface area contributed by atoms with Crippen molar-refractivity contribution in [2.24, 2.45) is 0 Å². The van der Waals surface area contributed by atoms with E-state index in [1.165, 1.54) is 12.4 Å². The normalized spacial score (nSPS) is 14.9. The average molecular weight is 432 g/mol. The number of fused-ring (bicyclic) bond motifs is 1. The fraction of sp³-hybridized carbons (Fsp3) is 0.208. The molecule has 1 unspecified atom stereocenters. The van der Waals surface area contributed by atoms with Crippen LogP contribution in [-0.2, 0) is 16.1 Å². The topological polar surface area (TPSA) is 87.5 Å². The molecule has 32 heavy (non-hydrogen) atoms. The molecule has 1 aliphatic heterocycles. The van der Waals surface area contributed by atoms with Crippen molar-refractivity contribution in [3.63, 3.8) is 0 Å². The Labute approximate surface area is 186 Å². The first kappa shape index (κ1) is 21.2. The van der Waals surface area contributed by atoms with Crippen molar-refractivity contribution in [2.45, 2.75) is 19.6 Å². The lowest BCUT2D eigenvalue weighted by Gasteiger charge is -2.28. The minimum atomic E-state index is -0.539. The first-order valence-electron chi connectivity index (χ1n) is 10.1. The Bertz CT molecular complexity index is 1150. The Morgan fingerprint density at radius 3 is 2.78 bits per heavy atom. The van der Waals surface area contributed by atoms with Crippen LogP contribution in [0.3, 0.4) is 0 Å². The summed E-state index contributed by atoms with van der Waals surface area (Å²) in [6.45, 7) is 5.94. The number of aromatic nitrogens is 3. The zero-order valence-electron chi connectivity index (χ0n) is 17.9. The summed E-state index contributed by atoms with van der Waals surface area (Å²) in [5, 5.41) is 7.44. The molecule has 0 saturated heterocycles. The molecule has 0 saturated carbocycles. The van der Waals surface area contributed by atoms with Crippen molar-refractivity contribution in [3.05, 3.63) is 89.9 Å². The quantitative estimate of drug-likeness (QED) is 0.427. The molecule has 3 aromatic rings. The van der Waals surface area contributed by atoms with Crippen LogP contribution in [0.2, 0.25) is 0 Å². The number of allylic oxidation sites excluding steroid dienone is 1. The van der Waals surface area contributed by atoms with E-state index in [-0.39, 0.29) is 6.61 Å². The Morgan fingerprint density at radius 2 is 2.03 bits per heavy atom. The number of anilines is 1. The Balaban J connectivity index is 1.68. The number of ether oxygens (including phenoxy) is 3. The van der Waals surface area contributed by atoms with Gasteiger partial charge in [-0.3, -0.25) is 0 Å². The summed E-state index contributed by atoms with van der Waals surface area (Å²) < 4.78 is 18.6. The molecule has 0 spiro atoms. The molecule has 0 amide bonds. The van der Waals surface area contributed by atoms with E-state index in [1.54, 1.807) is 11.8 Å². The van der Waals surface area contributed by atoms with Gasteiger partial charge in [0.2, 0.25) is 5.95 Å². The number of hydrogen-bond donors (Lipinski definition) is 1. The maximum Gasteiger partial charge on any atom is 0.338 e. The number of methoxy groups -OCH3 is 1. The third kappa shape index (κ3) is 4.20. The van der Waals surface area contributed by atoms with Crippen molar-refractivity contribution in [2.75, 3.05) is 19.0 Å². The minimum absolute atomic E-state index is 0.113. The fourth-order valence-electron chi connectivity index (χ4n) is 3.58. The average Bonchev–Trinajstić information content (AvgIpc) is 3.29. The van der Waals surface area contributed by atoms with Crippen LogP contribution in [0.1, 0.15) is 24.1 Å². The molecule has 0 bridgehead atoms. The zero-order valence-corrected chi connectivity index (χ0v) is 17.9. The van der Waals surface area contributed by atoms with Crippen LogP contribution < -0.4 is 14.8 Å². The van der Waals surface area contributed by atoms with Crippen molar-refractivity contribution in [3.8, 4) is 11.5 Å². The molecule has 1 atom stereocenters. The van der Waals surface area contributed by atoms with Gasteiger partial charge in [0.05, 0.1) is 12.7 Å². The third-order valence-electron chi connectivity index (χ3n) is 5.09. The summed E-state index contributed by atoms with van der Waals surface area (Å²) >= 11 is 0. The van der Waals surface area contributed by atoms with Crippen molar-refractivity contribution >= 4 is 11.9 Å². The molecule has 1 N–H and O–H groups in total. The second-order valence-corrected chi connectivity index (χ2v) is 7.17. The smallest absolute Gasteiger partial charge is 0.338 e. The van der Waals surface area contributed by atoms with Gasteiger partial charge in [-0.15, -0.1) is 0 Å². The monoisotopic (exact) mass is 432 g/mol. The number of nitrogens with one attached hydrogen (secondary N) is 1. The number of nitrogens with zero attached hydrogens (tertiary/aromatic N) is 3. The highest BCUT2D eigenvalue weighted by Gasteiger charge is 2.34. The summed E-state index contributed by atoms with van der Waals surface area (Å²) in [5.41, 5.74) is 2.92. The van der Waals surface area contributed by atoms with Gasteiger partial charge in [-0.2, -0.15) is 10.1 Å². The Hall–Kier alpha value is -4.07. The summed E-state index contributed by atoms with van der Waals surface area (Å²) in [4.78, 5) is 17.1. The lowest BCUT2D eigenvalue weighted by molar-refractivity contribution is -0.138. The standard InChI is InChI=1S/C24H24N4O4/c1-4-12-31-23(29)21-16(2)27-24-25-15-26-28(24)22(21)18-10-11-19(20(13-18)30-3)32-14-17-8-6-5-7-9-17/h4-11,13,15,22H,1,12,14H2,2-3H3,(H,25,26,27). The van der Waals surface area contributed by atoms with Crippen molar-refractivity contribution in [1.82, 2.24) is 14.8 Å². The molecule has 4 rings (SSSR count). The van der Waals surface area contributed by atoms with Crippen molar-refractivity contribution < 1.29 is 19.0 Å². The molecule has 0 fully saturated rings. The van der Waals surface area contributed by atoms with Gasteiger partial charge < -0.3 is 19.5 Å². The summed E-state index contributed by atoms with van der Waals surface area (Å²) in [6.07, 6.45) is 2.97. The first-order valence-corrected chi connectivity index (χ1v) is 10.1. The van der Waals surface area contributed by atoms with E-state index in [9.17, 15) is 4.79 Å². The van der Waals surface area contributed by atoms with Gasteiger partial charge in [0.1, 0.15) is 25.6 Å². The van der Waals surface area contributed by atoms with E-state index in [2.05, 4.69) is 22.0 Å². The molecule has 1 aromatic heterocycles. The molecule has 164 valence electrons. The number of benzene rings is 2. The fourth-order valence-corrected chi connectivity index (χ4v) is 3.58. The third-order valence-corrected chi connectivity index (χ3v) is 5.09. The van der Waals surface area contributed by atoms with Gasteiger partial charge in [-0.25, -0.2) is 9.48 Å². The molecule has 0 aliphatic carbocycles. The number of carbonyl (C=O) groups excluding carboxylic acids is 1. The van der Waals surface area contributed by atoms with Crippen LogP contribution in [-0.4, -0.2) is 34.5 Å². The van der Waals surface area contributed by atoms with Crippen LogP contribution in [0.25, 0.3) is 0 Å². The van der Waals surface area contributed by atoms with Gasteiger partial charge in [0, 0.05) is 5.70 Å². The second-order valence-electron chi connectivity index (χ2n) is 7.17. The van der Waals surface area contributed by atoms with Crippen LogP contribution in [0.4, 0.5) is 5.95 Å². The lowest BCUT2D eigenvalue weighted by atomic mass is 9.95. The predicted molar refractivity (Wildman–Crippen MR) is 119 cm³/mol. The van der Waals surface area contributed by atoms with E-state index < -0.39 is 12.0 Å². The van der Waals surface area contributed by atoms with Crippen LogP contribution in [0, 0.1) is 0 Å². The van der Waals surface area contributed by atoms with Crippen LogP contribution in [0.5, 0.6) is 11.5 Å². The highest BCUT2D eigenvalue weighted by molar-refractivity contribution is 5.92. The maximum absolute atomic E-state index is 12.9. The summed E-state index contributed by atoms with van der Waals surface area (Å²) in [5.74, 6) is 1.24. The summed E-state index contributed by atoms with van der Waals surface area (Å²) in [7, 11) is 1.58. The Kier molecular flexibility index (Phi) is 6.21. The maximum atomic E-state index is 12.9. The molecule has 0 radical (unpaired) electrons. The summed E-state index contributed by atoms with van der Waals surface area (Å²) in [6, 6.07) is 14.9. The van der Waals surface area contributed by atoms with Crippen molar-refractivity contribution in [1.29, 1.82) is 0 Å². The lowest BCUT2D eigenvalue weighted by Crippen LogP contribution is -2.29. The van der Waals surface area contributed by atoms with Gasteiger partial charge >= 0.3 is 5.97 Å². The van der Waals surface area contributed by atoms with Gasteiger partial charge in [-0.1, -0.05) is 49.1 Å². The van der Waals surface area contributed by atoms with E-state index in [4.69, 9.17) is 14.2 Å². The van der Waals surface area contributed by atoms with Crippen LogP contribution >= 0.6 is 0 Å². The van der Waals surface area contributed by atoms with Crippen LogP contribution in [0.15, 0.2) is 78.8 Å². The highest BCUT2D eigenvalue weighted by atomic mass is 16.5. The largest absolute Gasteiger partial charge is 0.493 e. The second kappa shape index (κ2) is 9.38. The van der Waals surface area contributed by atoms with E-state index >= 15 is 0 Å².